The van der Waals surface area contributed by atoms with Crippen LogP contribution in [0.4, 0.5) is 5.69 Å². The number of benzene rings is 2. The molecule has 8 nitrogen and oxygen atoms in total. The summed E-state index contributed by atoms with van der Waals surface area (Å²) >= 11 is 0. The molecule has 1 saturated heterocycles. The van der Waals surface area contributed by atoms with Crippen LogP contribution in [0.25, 0.3) is 11.0 Å². The quantitative estimate of drug-likeness (QED) is 0.604. The van der Waals surface area contributed by atoms with Gasteiger partial charge in [0.15, 0.2) is 0 Å². The van der Waals surface area contributed by atoms with Crippen LogP contribution in [-0.2, 0) is 34.8 Å². The predicted octanol–water partition coefficient (Wildman–Crippen LogP) is 2.10. The summed E-state index contributed by atoms with van der Waals surface area (Å²) in [4.78, 5) is 27.9. The third-order valence-electron chi connectivity index (χ3n) is 6.52. The third-order valence-corrected chi connectivity index (χ3v) is 8.41. The van der Waals surface area contributed by atoms with Gasteiger partial charge < -0.3 is 4.90 Å². The number of carbonyl (C=O) groups excluding carboxylic acids is 1. The van der Waals surface area contributed by atoms with Gasteiger partial charge in [-0.05, 0) is 61.6 Å². The van der Waals surface area contributed by atoms with Gasteiger partial charge in [0.2, 0.25) is 15.9 Å². The molecule has 0 spiro atoms. The summed E-state index contributed by atoms with van der Waals surface area (Å²) in [7, 11) is -1.81. The minimum atomic E-state index is -3.50. The molecule has 2 aliphatic rings. The lowest BCUT2D eigenvalue weighted by molar-refractivity contribution is -0.119. The topological polar surface area (TPSA) is 84.6 Å². The summed E-state index contributed by atoms with van der Waals surface area (Å²) < 4.78 is 30.5. The largest absolute Gasteiger partial charge is 0.329 e. The number of para-hydroxylation sites is 2. The van der Waals surface area contributed by atoms with E-state index in [0.29, 0.717) is 19.6 Å². The summed E-state index contributed by atoms with van der Waals surface area (Å²) in [5.41, 5.74) is 2.85. The van der Waals surface area contributed by atoms with Crippen molar-refractivity contribution >= 4 is 32.7 Å². The number of sulfonamides is 1. The van der Waals surface area contributed by atoms with Crippen LogP contribution < -0.4 is 10.6 Å². The molecular formula is C23H26N4O4S. The number of hydrogen-bond donors (Lipinski definition) is 0. The van der Waals surface area contributed by atoms with Gasteiger partial charge in [-0.2, -0.15) is 4.31 Å². The number of fused-ring (bicyclic) bond motifs is 2. The van der Waals surface area contributed by atoms with Gasteiger partial charge in [-0.25, -0.2) is 13.2 Å². The molecule has 5 rings (SSSR count). The summed E-state index contributed by atoms with van der Waals surface area (Å²) in [6, 6.07) is 12.5. The lowest BCUT2D eigenvalue weighted by atomic mass is 10.0. The van der Waals surface area contributed by atoms with Crippen molar-refractivity contribution in [2.75, 3.05) is 24.5 Å². The number of rotatable bonds is 4. The molecule has 0 N–H and O–H groups in total. The van der Waals surface area contributed by atoms with Crippen molar-refractivity contribution < 1.29 is 13.2 Å². The predicted molar refractivity (Wildman–Crippen MR) is 122 cm³/mol. The van der Waals surface area contributed by atoms with Gasteiger partial charge >= 0.3 is 5.69 Å². The molecule has 0 bridgehead atoms. The van der Waals surface area contributed by atoms with Gasteiger partial charge in [-0.3, -0.25) is 13.9 Å². The number of carbonyl (C=O) groups is 1. The van der Waals surface area contributed by atoms with Crippen LogP contribution in [0.1, 0.15) is 24.8 Å². The molecule has 0 aliphatic carbocycles. The Morgan fingerprint density at radius 1 is 0.969 bits per heavy atom. The van der Waals surface area contributed by atoms with Crippen LogP contribution in [0.15, 0.2) is 52.2 Å². The Balaban J connectivity index is 1.45. The van der Waals surface area contributed by atoms with Crippen molar-refractivity contribution in [2.24, 2.45) is 7.05 Å². The maximum atomic E-state index is 13.3. The second-order valence-electron chi connectivity index (χ2n) is 8.47. The van der Waals surface area contributed by atoms with E-state index in [4.69, 9.17) is 0 Å². The van der Waals surface area contributed by atoms with E-state index in [2.05, 4.69) is 0 Å². The van der Waals surface area contributed by atoms with Gasteiger partial charge in [0, 0.05) is 32.4 Å². The monoisotopic (exact) mass is 454 g/mol. The van der Waals surface area contributed by atoms with Gasteiger partial charge in [0.25, 0.3) is 0 Å². The van der Waals surface area contributed by atoms with Crippen LogP contribution in [0.5, 0.6) is 0 Å². The van der Waals surface area contributed by atoms with Gasteiger partial charge in [0.05, 0.1) is 15.9 Å². The Morgan fingerprint density at radius 2 is 1.69 bits per heavy atom. The smallest absolute Gasteiger partial charge is 0.311 e. The van der Waals surface area contributed by atoms with Crippen LogP contribution in [0.2, 0.25) is 0 Å². The molecule has 0 unspecified atom stereocenters. The first kappa shape index (κ1) is 21.0. The number of hydrogen-bond acceptors (Lipinski definition) is 4. The van der Waals surface area contributed by atoms with Crippen molar-refractivity contribution in [3.8, 4) is 0 Å². The third kappa shape index (κ3) is 3.36. The summed E-state index contributed by atoms with van der Waals surface area (Å²) in [5.74, 6) is -0.181. The van der Waals surface area contributed by atoms with Gasteiger partial charge in [0.1, 0.15) is 6.54 Å². The van der Waals surface area contributed by atoms with Crippen molar-refractivity contribution in [3.63, 3.8) is 0 Å². The second-order valence-corrected chi connectivity index (χ2v) is 10.4. The van der Waals surface area contributed by atoms with E-state index in [1.807, 2.05) is 24.3 Å². The van der Waals surface area contributed by atoms with E-state index < -0.39 is 10.0 Å². The van der Waals surface area contributed by atoms with Gasteiger partial charge in [-0.1, -0.05) is 12.1 Å². The zero-order valence-corrected chi connectivity index (χ0v) is 18.8. The Bertz CT molecular complexity index is 1370. The minimum Gasteiger partial charge on any atom is -0.311 e. The number of amides is 1. The van der Waals surface area contributed by atoms with E-state index in [0.717, 1.165) is 48.0 Å². The van der Waals surface area contributed by atoms with Crippen LogP contribution >= 0.6 is 0 Å². The molecule has 2 aliphatic heterocycles. The Labute approximate surface area is 186 Å². The van der Waals surface area contributed by atoms with Crippen LogP contribution in [-0.4, -0.2) is 47.4 Å². The van der Waals surface area contributed by atoms with Crippen molar-refractivity contribution in [3.05, 3.63) is 58.5 Å². The summed E-state index contributed by atoms with van der Waals surface area (Å²) in [6.45, 7) is 1.60. The molecule has 3 heterocycles. The zero-order chi connectivity index (χ0) is 22.5. The second kappa shape index (κ2) is 7.90. The van der Waals surface area contributed by atoms with Crippen molar-refractivity contribution in [1.29, 1.82) is 0 Å². The maximum absolute atomic E-state index is 13.3. The normalized spacial score (nSPS) is 17.1. The number of aromatic nitrogens is 2. The van der Waals surface area contributed by atoms with Crippen LogP contribution in [0.3, 0.4) is 0 Å². The van der Waals surface area contributed by atoms with E-state index in [-0.39, 0.29) is 23.0 Å². The first-order valence-electron chi connectivity index (χ1n) is 11.0. The zero-order valence-electron chi connectivity index (χ0n) is 18.0. The highest BCUT2D eigenvalue weighted by atomic mass is 32.2. The summed E-state index contributed by atoms with van der Waals surface area (Å²) in [6.07, 6.45) is 3.24. The molecule has 0 radical (unpaired) electrons. The first-order valence-corrected chi connectivity index (χ1v) is 12.4. The highest BCUT2D eigenvalue weighted by Gasteiger charge is 2.30. The highest BCUT2D eigenvalue weighted by Crippen LogP contribution is 2.31. The molecule has 1 fully saturated rings. The molecule has 1 aromatic heterocycles. The van der Waals surface area contributed by atoms with E-state index in [9.17, 15) is 18.0 Å². The lowest BCUT2D eigenvalue weighted by Crippen LogP contribution is -2.39. The molecule has 2 aromatic carbocycles. The van der Waals surface area contributed by atoms with Gasteiger partial charge in [-0.15, -0.1) is 0 Å². The lowest BCUT2D eigenvalue weighted by Gasteiger charge is -2.30. The first-order chi connectivity index (χ1) is 15.4. The average molecular weight is 455 g/mol. The molecule has 0 atom stereocenters. The minimum absolute atomic E-state index is 0.0620. The molecule has 3 aromatic rings. The molecule has 168 valence electrons. The van der Waals surface area contributed by atoms with Crippen molar-refractivity contribution in [2.45, 2.75) is 37.1 Å². The van der Waals surface area contributed by atoms with E-state index in [1.54, 1.807) is 34.7 Å². The maximum Gasteiger partial charge on any atom is 0.329 e. The average Bonchev–Trinajstić information content (AvgIpc) is 3.43. The standard InChI is InChI=1S/C23H26N4O4S/c1-24-20-8-2-3-9-21(20)27(23(24)29)16-22(28)26-14-6-7-17-15-18(10-11-19(17)26)32(30,31)25-12-4-5-13-25/h2-3,8-11,15H,4-7,12-14,16H2,1H3. The molecule has 0 saturated carbocycles. The molecular weight excluding hydrogens is 428 g/mol. The fourth-order valence-corrected chi connectivity index (χ4v) is 6.38. The van der Waals surface area contributed by atoms with Crippen molar-refractivity contribution in [1.82, 2.24) is 13.4 Å². The molecule has 1 amide bonds. The van der Waals surface area contributed by atoms with E-state index >= 15 is 0 Å². The number of nitrogens with zero attached hydrogens (tertiary/aromatic N) is 4. The fourth-order valence-electron chi connectivity index (χ4n) is 4.81. The van der Waals surface area contributed by atoms with E-state index in [1.165, 1.54) is 8.87 Å². The Morgan fingerprint density at radius 3 is 2.44 bits per heavy atom. The highest BCUT2D eigenvalue weighted by molar-refractivity contribution is 7.89. The fraction of sp³-hybridized carbons (Fsp3) is 0.391. The summed E-state index contributed by atoms with van der Waals surface area (Å²) in [5, 5.41) is 0. The SMILES string of the molecule is Cn1c(=O)n(CC(=O)N2CCCc3cc(S(=O)(=O)N4CCCC4)ccc32)c2ccccc21. The molecule has 32 heavy (non-hydrogen) atoms. The Kier molecular flexibility index (Phi) is 5.17. The number of aryl methyl sites for hydroxylation is 2. The number of imidazole rings is 1. The number of anilines is 1. The van der Waals surface area contributed by atoms with Crippen LogP contribution in [0, 0.1) is 0 Å². The molecule has 9 heteroatoms. The Hall–Kier alpha value is -2.91.